The lowest BCUT2D eigenvalue weighted by atomic mass is 10.1. The zero-order valence-corrected chi connectivity index (χ0v) is 22.0. The van der Waals surface area contributed by atoms with Crippen LogP contribution in [0.4, 0.5) is 0 Å². The lowest BCUT2D eigenvalue weighted by molar-refractivity contribution is -0.129. The summed E-state index contributed by atoms with van der Waals surface area (Å²) in [5.74, 6) is 0.689. The molecule has 0 unspecified atom stereocenters. The molecule has 0 radical (unpaired) electrons. The van der Waals surface area contributed by atoms with Crippen LogP contribution >= 0.6 is 0 Å². The molecule has 0 atom stereocenters. The molecule has 37 heavy (non-hydrogen) atoms. The van der Waals surface area contributed by atoms with Crippen LogP contribution in [0.1, 0.15) is 51.7 Å². The second-order valence-electron chi connectivity index (χ2n) is 8.30. The van der Waals surface area contributed by atoms with Crippen LogP contribution in [0.25, 0.3) is 12.2 Å². The summed E-state index contributed by atoms with van der Waals surface area (Å²) in [5.41, 5.74) is 1.25. The van der Waals surface area contributed by atoms with Gasteiger partial charge in [0.25, 0.3) is 5.91 Å². The first-order valence-electron chi connectivity index (χ1n) is 12.2. The number of methoxy groups -OCH3 is 1. The Kier molecular flexibility index (Phi) is 11.7. The molecule has 1 amide bonds. The Hall–Kier alpha value is -4.25. The molecule has 2 aromatic carbocycles. The SMILES string of the molecule is CCCCOc1ccc(/C=C/C(=O)Oc2ccc(/C=C(\C#N)C(=O)NC(C)C)cc2OC)cc1OCC. The maximum atomic E-state index is 12.5. The highest BCUT2D eigenvalue weighted by molar-refractivity contribution is 6.01. The van der Waals surface area contributed by atoms with E-state index in [0.29, 0.717) is 30.3 Å². The number of hydrogen-bond donors (Lipinski definition) is 1. The molecule has 0 aliphatic rings. The predicted molar refractivity (Wildman–Crippen MR) is 143 cm³/mol. The summed E-state index contributed by atoms with van der Waals surface area (Å²) in [5, 5.41) is 12.0. The van der Waals surface area contributed by atoms with Gasteiger partial charge in [-0.2, -0.15) is 5.26 Å². The minimum absolute atomic E-state index is 0.0448. The third kappa shape index (κ3) is 9.37. The number of benzene rings is 2. The topological polar surface area (TPSA) is 107 Å². The largest absolute Gasteiger partial charge is 0.493 e. The van der Waals surface area contributed by atoms with E-state index in [1.54, 1.807) is 30.3 Å². The Morgan fingerprint density at radius 2 is 1.70 bits per heavy atom. The van der Waals surface area contributed by atoms with Crippen LogP contribution in [-0.4, -0.2) is 38.2 Å². The van der Waals surface area contributed by atoms with Crippen LogP contribution in [0.5, 0.6) is 23.0 Å². The summed E-state index contributed by atoms with van der Waals surface area (Å²) < 4.78 is 22.2. The molecule has 0 aliphatic heterocycles. The predicted octanol–water partition coefficient (Wildman–Crippen LogP) is 5.32. The Labute approximate surface area is 218 Å². The minimum Gasteiger partial charge on any atom is -0.493 e. The quantitative estimate of drug-likeness (QED) is 0.129. The molecule has 0 saturated carbocycles. The van der Waals surface area contributed by atoms with Crippen LogP contribution < -0.4 is 24.3 Å². The van der Waals surface area contributed by atoms with Crippen LogP contribution in [0, 0.1) is 11.3 Å². The van der Waals surface area contributed by atoms with E-state index in [-0.39, 0.29) is 23.1 Å². The second-order valence-corrected chi connectivity index (χ2v) is 8.30. The van der Waals surface area contributed by atoms with Crippen molar-refractivity contribution < 1.29 is 28.5 Å². The molecule has 2 rings (SSSR count). The number of hydrogen-bond acceptors (Lipinski definition) is 7. The summed E-state index contributed by atoms with van der Waals surface area (Å²) in [6.07, 6.45) is 6.36. The number of amides is 1. The van der Waals surface area contributed by atoms with Crippen molar-refractivity contribution in [2.24, 2.45) is 0 Å². The molecular formula is C29H34N2O6. The van der Waals surface area contributed by atoms with Crippen molar-refractivity contribution in [3.05, 3.63) is 59.2 Å². The second kappa shape index (κ2) is 15.0. The fraction of sp³-hybridized carbons (Fsp3) is 0.345. The van der Waals surface area contributed by atoms with Crippen molar-refractivity contribution in [1.29, 1.82) is 5.26 Å². The van der Waals surface area contributed by atoms with Gasteiger partial charge >= 0.3 is 5.97 Å². The molecule has 0 fully saturated rings. The molecule has 0 bridgehead atoms. The summed E-state index contributed by atoms with van der Waals surface area (Å²) in [7, 11) is 1.44. The molecule has 0 spiro atoms. The molecule has 196 valence electrons. The van der Waals surface area contributed by atoms with Crippen LogP contribution in [0.15, 0.2) is 48.0 Å². The number of carbonyl (C=O) groups is 2. The number of nitrogens with one attached hydrogen (secondary N) is 1. The number of ether oxygens (including phenoxy) is 4. The molecule has 1 N–H and O–H groups in total. The molecule has 0 heterocycles. The standard InChI is InChI=1S/C29H34N2O6/c1-6-8-15-36-24-12-9-21(17-27(24)35-7-2)11-14-28(32)37-25-13-10-22(18-26(25)34-5)16-23(19-30)29(33)31-20(3)4/h9-14,16-18,20H,6-8,15H2,1-5H3,(H,31,33)/b14-11+,23-16+. The number of nitriles is 1. The molecule has 0 aromatic heterocycles. The van der Waals surface area contributed by atoms with E-state index < -0.39 is 11.9 Å². The Bertz CT molecular complexity index is 1180. The maximum absolute atomic E-state index is 12.5. The fourth-order valence-electron chi connectivity index (χ4n) is 3.16. The third-order valence-electron chi connectivity index (χ3n) is 4.93. The van der Waals surface area contributed by atoms with Crippen molar-refractivity contribution in [3.63, 3.8) is 0 Å². The average Bonchev–Trinajstić information content (AvgIpc) is 2.87. The highest BCUT2D eigenvalue weighted by Crippen LogP contribution is 2.31. The van der Waals surface area contributed by atoms with Gasteiger partial charge in [0.1, 0.15) is 11.6 Å². The molecule has 0 aliphatic carbocycles. The van der Waals surface area contributed by atoms with Gasteiger partial charge in [-0.25, -0.2) is 4.79 Å². The number of rotatable bonds is 13. The van der Waals surface area contributed by atoms with E-state index in [9.17, 15) is 14.9 Å². The van der Waals surface area contributed by atoms with Gasteiger partial charge < -0.3 is 24.3 Å². The normalized spacial score (nSPS) is 11.2. The molecule has 2 aromatic rings. The van der Waals surface area contributed by atoms with Gasteiger partial charge in [-0.1, -0.05) is 25.5 Å². The van der Waals surface area contributed by atoms with Gasteiger partial charge in [0.05, 0.1) is 20.3 Å². The van der Waals surface area contributed by atoms with Crippen molar-refractivity contribution in [2.75, 3.05) is 20.3 Å². The van der Waals surface area contributed by atoms with Crippen LogP contribution in [-0.2, 0) is 9.59 Å². The van der Waals surface area contributed by atoms with E-state index in [4.69, 9.17) is 18.9 Å². The third-order valence-corrected chi connectivity index (χ3v) is 4.93. The van der Waals surface area contributed by atoms with Crippen molar-refractivity contribution in [3.8, 4) is 29.1 Å². The Morgan fingerprint density at radius 3 is 2.35 bits per heavy atom. The minimum atomic E-state index is -0.600. The van der Waals surface area contributed by atoms with Gasteiger partial charge in [0.2, 0.25) is 0 Å². The highest BCUT2D eigenvalue weighted by Gasteiger charge is 2.13. The average molecular weight is 507 g/mol. The summed E-state index contributed by atoms with van der Waals surface area (Å²) in [6.45, 7) is 8.71. The monoisotopic (exact) mass is 506 g/mol. The highest BCUT2D eigenvalue weighted by atomic mass is 16.6. The molecule has 0 saturated heterocycles. The van der Waals surface area contributed by atoms with E-state index in [1.807, 2.05) is 39.0 Å². The summed E-state index contributed by atoms with van der Waals surface area (Å²) in [6, 6.07) is 12.0. The van der Waals surface area contributed by atoms with E-state index in [0.717, 1.165) is 18.4 Å². The first-order chi connectivity index (χ1) is 17.8. The molecular weight excluding hydrogens is 472 g/mol. The van der Waals surface area contributed by atoms with Gasteiger partial charge in [-0.3, -0.25) is 4.79 Å². The van der Waals surface area contributed by atoms with Crippen LogP contribution in [0.3, 0.4) is 0 Å². The molecule has 8 nitrogen and oxygen atoms in total. The van der Waals surface area contributed by atoms with E-state index in [2.05, 4.69) is 12.2 Å². The number of unbranched alkanes of at least 4 members (excludes halogenated alkanes) is 1. The fourth-order valence-corrected chi connectivity index (χ4v) is 3.16. The van der Waals surface area contributed by atoms with Gasteiger partial charge in [0, 0.05) is 12.1 Å². The van der Waals surface area contributed by atoms with Crippen molar-refractivity contribution in [2.45, 2.75) is 46.6 Å². The van der Waals surface area contributed by atoms with Gasteiger partial charge in [0.15, 0.2) is 23.0 Å². The smallest absolute Gasteiger partial charge is 0.336 e. The van der Waals surface area contributed by atoms with Crippen molar-refractivity contribution >= 4 is 24.0 Å². The first kappa shape index (κ1) is 29.0. The lowest BCUT2D eigenvalue weighted by Crippen LogP contribution is -2.30. The van der Waals surface area contributed by atoms with Crippen molar-refractivity contribution in [1.82, 2.24) is 5.32 Å². The van der Waals surface area contributed by atoms with Gasteiger partial charge in [-0.15, -0.1) is 0 Å². The number of carbonyl (C=O) groups excluding carboxylic acids is 2. The Morgan fingerprint density at radius 1 is 1.00 bits per heavy atom. The lowest BCUT2D eigenvalue weighted by Gasteiger charge is -2.12. The zero-order chi connectivity index (χ0) is 27.2. The number of nitrogens with zero attached hydrogens (tertiary/aromatic N) is 1. The number of esters is 1. The van der Waals surface area contributed by atoms with Crippen LogP contribution in [0.2, 0.25) is 0 Å². The first-order valence-corrected chi connectivity index (χ1v) is 12.2. The molecule has 8 heteroatoms. The summed E-state index contributed by atoms with van der Waals surface area (Å²) in [4.78, 5) is 24.6. The summed E-state index contributed by atoms with van der Waals surface area (Å²) >= 11 is 0. The Balaban J connectivity index is 2.14. The van der Waals surface area contributed by atoms with E-state index >= 15 is 0 Å². The van der Waals surface area contributed by atoms with Gasteiger partial charge in [-0.05, 0) is 74.7 Å². The zero-order valence-electron chi connectivity index (χ0n) is 22.0. The van der Waals surface area contributed by atoms with E-state index in [1.165, 1.54) is 19.3 Å². The maximum Gasteiger partial charge on any atom is 0.336 e.